The first kappa shape index (κ1) is 12.7. The lowest BCUT2D eigenvalue weighted by Gasteiger charge is -2.14. The van der Waals surface area contributed by atoms with Gasteiger partial charge in [-0.1, -0.05) is 18.2 Å². The van der Waals surface area contributed by atoms with E-state index in [2.05, 4.69) is 17.6 Å². The Morgan fingerprint density at radius 1 is 1.44 bits per heavy atom. The van der Waals surface area contributed by atoms with Crippen LogP contribution in [0.5, 0.6) is 5.75 Å². The van der Waals surface area contributed by atoms with Crippen LogP contribution in [-0.4, -0.2) is 19.2 Å². The monoisotopic (exact) mass is 248 g/mol. The van der Waals surface area contributed by atoms with E-state index in [0.29, 0.717) is 12.5 Å². The molecule has 0 aromatic heterocycles. The second-order valence-corrected chi connectivity index (χ2v) is 4.76. The van der Waals surface area contributed by atoms with Gasteiger partial charge in [-0.25, -0.2) is 4.79 Å². The molecule has 1 fully saturated rings. The van der Waals surface area contributed by atoms with E-state index in [0.717, 1.165) is 11.3 Å². The predicted octanol–water partition coefficient (Wildman–Crippen LogP) is 2.29. The molecule has 1 aromatic rings. The van der Waals surface area contributed by atoms with Crippen LogP contribution < -0.4 is 15.4 Å². The van der Waals surface area contributed by atoms with Gasteiger partial charge in [-0.15, -0.1) is 0 Å². The Bertz CT molecular complexity index is 416. The molecule has 0 radical (unpaired) electrons. The average molecular weight is 248 g/mol. The largest absolute Gasteiger partial charge is 0.496 e. The van der Waals surface area contributed by atoms with E-state index in [4.69, 9.17) is 4.74 Å². The molecular weight excluding hydrogens is 228 g/mol. The molecule has 1 atom stereocenters. The zero-order valence-corrected chi connectivity index (χ0v) is 10.9. The van der Waals surface area contributed by atoms with E-state index >= 15 is 0 Å². The van der Waals surface area contributed by atoms with Crippen LogP contribution in [-0.2, 0) is 6.54 Å². The molecule has 1 aromatic carbocycles. The third-order valence-electron chi connectivity index (χ3n) is 3.32. The number of carbonyl (C=O) groups is 1. The molecule has 1 saturated carbocycles. The van der Waals surface area contributed by atoms with Crippen molar-refractivity contribution < 1.29 is 9.53 Å². The molecule has 18 heavy (non-hydrogen) atoms. The SMILES string of the molecule is COc1ccccc1CNC(=O)NC(C)C1CC1. The van der Waals surface area contributed by atoms with Gasteiger partial charge in [0.15, 0.2) is 0 Å². The van der Waals surface area contributed by atoms with Crippen molar-refractivity contribution in [2.24, 2.45) is 5.92 Å². The molecule has 2 amide bonds. The number of rotatable bonds is 5. The molecule has 98 valence electrons. The summed E-state index contributed by atoms with van der Waals surface area (Å²) in [7, 11) is 1.63. The maximum atomic E-state index is 11.7. The summed E-state index contributed by atoms with van der Waals surface area (Å²) in [6.45, 7) is 2.54. The van der Waals surface area contributed by atoms with Crippen LogP contribution in [0, 0.1) is 5.92 Å². The number of methoxy groups -OCH3 is 1. The van der Waals surface area contributed by atoms with Crippen molar-refractivity contribution in [3.63, 3.8) is 0 Å². The number of hydrogen-bond donors (Lipinski definition) is 2. The summed E-state index contributed by atoms with van der Waals surface area (Å²) in [6.07, 6.45) is 2.46. The second-order valence-electron chi connectivity index (χ2n) is 4.76. The fourth-order valence-corrected chi connectivity index (χ4v) is 2.00. The van der Waals surface area contributed by atoms with E-state index in [1.807, 2.05) is 24.3 Å². The summed E-state index contributed by atoms with van der Waals surface area (Å²) in [5, 5.41) is 5.82. The minimum Gasteiger partial charge on any atom is -0.496 e. The first-order valence-electron chi connectivity index (χ1n) is 6.37. The fourth-order valence-electron chi connectivity index (χ4n) is 2.00. The van der Waals surface area contributed by atoms with Crippen molar-refractivity contribution in [1.29, 1.82) is 0 Å². The predicted molar refractivity (Wildman–Crippen MR) is 70.6 cm³/mol. The highest BCUT2D eigenvalue weighted by Gasteiger charge is 2.28. The normalized spacial score (nSPS) is 15.9. The van der Waals surface area contributed by atoms with Gasteiger partial charge in [0.1, 0.15) is 5.75 Å². The number of urea groups is 1. The highest BCUT2D eigenvalue weighted by Crippen LogP contribution is 2.32. The molecule has 4 heteroatoms. The molecule has 0 heterocycles. The Kier molecular flexibility index (Phi) is 4.07. The van der Waals surface area contributed by atoms with Crippen LogP contribution in [0.3, 0.4) is 0 Å². The molecular formula is C14H20N2O2. The van der Waals surface area contributed by atoms with Crippen molar-refractivity contribution in [3.05, 3.63) is 29.8 Å². The minimum atomic E-state index is -0.111. The van der Waals surface area contributed by atoms with Gasteiger partial charge in [0.05, 0.1) is 7.11 Å². The van der Waals surface area contributed by atoms with Crippen molar-refractivity contribution in [3.8, 4) is 5.75 Å². The van der Waals surface area contributed by atoms with E-state index in [9.17, 15) is 4.79 Å². The number of amides is 2. The number of nitrogens with one attached hydrogen (secondary N) is 2. The van der Waals surface area contributed by atoms with Gasteiger partial charge < -0.3 is 15.4 Å². The van der Waals surface area contributed by atoms with Crippen LogP contribution in [0.15, 0.2) is 24.3 Å². The molecule has 2 N–H and O–H groups in total. The molecule has 0 spiro atoms. The van der Waals surface area contributed by atoms with Crippen molar-refractivity contribution in [1.82, 2.24) is 10.6 Å². The molecule has 0 bridgehead atoms. The summed E-state index contributed by atoms with van der Waals surface area (Å²) in [5.74, 6) is 1.47. The van der Waals surface area contributed by atoms with Gasteiger partial charge in [-0.2, -0.15) is 0 Å². The lowest BCUT2D eigenvalue weighted by molar-refractivity contribution is 0.236. The molecule has 0 aliphatic heterocycles. The highest BCUT2D eigenvalue weighted by molar-refractivity contribution is 5.74. The fraction of sp³-hybridized carbons (Fsp3) is 0.500. The van der Waals surface area contributed by atoms with Crippen molar-refractivity contribution in [2.75, 3.05) is 7.11 Å². The van der Waals surface area contributed by atoms with E-state index in [1.54, 1.807) is 7.11 Å². The zero-order valence-electron chi connectivity index (χ0n) is 10.9. The second kappa shape index (κ2) is 5.76. The Morgan fingerprint density at radius 2 is 2.17 bits per heavy atom. The Balaban J connectivity index is 1.81. The number of benzene rings is 1. The average Bonchev–Trinajstić information content (AvgIpc) is 3.21. The summed E-state index contributed by atoms with van der Waals surface area (Å²) < 4.78 is 5.24. The quantitative estimate of drug-likeness (QED) is 0.840. The third-order valence-corrected chi connectivity index (χ3v) is 3.32. The van der Waals surface area contributed by atoms with E-state index in [-0.39, 0.29) is 12.1 Å². The first-order chi connectivity index (χ1) is 8.70. The van der Waals surface area contributed by atoms with Gasteiger partial charge in [0, 0.05) is 18.2 Å². The molecule has 2 rings (SSSR count). The number of ether oxygens (including phenoxy) is 1. The lowest BCUT2D eigenvalue weighted by Crippen LogP contribution is -2.41. The first-order valence-corrected chi connectivity index (χ1v) is 6.37. The Labute approximate surface area is 108 Å². The number of hydrogen-bond acceptors (Lipinski definition) is 2. The summed E-state index contributed by atoms with van der Waals surface area (Å²) in [4.78, 5) is 11.7. The van der Waals surface area contributed by atoms with Crippen LogP contribution in [0.1, 0.15) is 25.3 Å². The third kappa shape index (κ3) is 3.39. The van der Waals surface area contributed by atoms with Crippen LogP contribution >= 0.6 is 0 Å². The maximum Gasteiger partial charge on any atom is 0.315 e. The molecule has 1 aliphatic carbocycles. The maximum absolute atomic E-state index is 11.7. The minimum absolute atomic E-state index is 0.111. The molecule has 4 nitrogen and oxygen atoms in total. The van der Waals surface area contributed by atoms with Gasteiger partial charge >= 0.3 is 6.03 Å². The van der Waals surface area contributed by atoms with E-state index in [1.165, 1.54) is 12.8 Å². The van der Waals surface area contributed by atoms with Crippen LogP contribution in [0.4, 0.5) is 4.79 Å². The molecule has 1 unspecified atom stereocenters. The van der Waals surface area contributed by atoms with Crippen molar-refractivity contribution in [2.45, 2.75) is 32.4 Å². The van der Waals surface area contributed by atoms with E-state index < -0.39 is 0 Å². The zero-order chi connectivity index (χ0) is 13.0. The molecule has 0 saturated heterocycles. The standard InChI is InChI=1S/C14H20N2O2/c1-10(11-7-8-11)16-14(17)15-9-12-5-3-4-6-13(12)18-2/h3-6,10-11H,7-9H2,1-2H3,(H2,15,16,17). The lowest BCUT2D eigenvalue weighted by atomic mass is 10.2. The highest BCUT2D eigenvalue weighted by atomic mass is 16.5. The van der Waals surface area contributed by atoms with Crippen LogP contribution in [0.25, 0.3) is 0 Å². The summed E-state index contributed by atoms with van der Waals surface area (Å²) in [5.41, 5.74) is 0.981. The van der Waals surface area contributed by atoms with Gasteiger partial charge in [-0.05, 0) is 31.7 Å². The number of para-hydroxylation sites is 1. The number of carbonyl (C=O) groups excluding carboxylic acids is 1. The Hall–Kier alpha value is -1.71. The molecule has 1 aliphatic rings. The van der Waals surface area contributed by atoms with Crippen molar-refractivity contribution >= 4 is 6.03 Å². The summed E-state index contributed by atoms with van der Waals surface area (Å²) in [6, 6.07) is 7.84. The smallest absolute Gasteiger partial charge is 0.315 e. The van der Waals surface area contributed by atoms with Crippen LogP contribution in [0.2, 0.25) is 0 Å². The van der Waals surface area contributed by atoms with Gasteiger partial charge in [0.2, 0.25) is 0 Å². The topological polar surface area (TPSA) is 50.4 Å². The summed E-state index contributed by atoms with van der Waals surface area (Å²) >= 11 is 0. The van der Waals surface area contributed by atoms with Gasteiger partial charge in [0.25, 0.3) is 0 Å². The van der Waals surface area contributed by atoms with Gasteiger partial charge in [-0.3, -0.25) is 0 Å². The Morgan fingerprint density at radius 3 is 2.83 bits per heavy atom.